The predicted molar refractivity (Wildman–Crippen MR) is 77.1 cm³/mol. The Balaban J connectivity index is 2.54. The molecule has 0 bridgehead atoms. The summed E-state index contributed by atoms with van der Waals surface area (Å²) >= 11 is 1.93. The van der Waals surface area contributed by atoms with Crippen molar-refractivity contribution in [3.05, 3.63) is 32.1 Å². The lowest BCUT2D eigenvalue weighted by molar-refractivity contribution is -0.0427. The number of nitrogens with zero attached hydrogens (tertiary/aromatic N) is 1. The van der Waals surface area contributed by atoms with Crippen LogP contribution < -0.4 is 5.73 Å². The van der Waals surface area contributed by atoms with Crippen molar-refractivity contribution < 1.29 is 31.1 Å². The molecule has 6 nitrogen and oxygen atoms in total. The number of benzene rings is 1. The fourth-order valence-corrected chi connectivity index (χ4v) is 2.10. The minimum atomic E-state index is -5.57. The average Bonchev–Trinajstić information content (AvgIpc) is 2.36. The molecule has 2 N–H and O–H groups in total. The van der Waals surface area contributed by atoms with Gasteiger partial charge in [0.25, 0.3) is 0 Å². The Kier molecular flexibility index (Phi) is 5.81. The van der Waals surface area contributed by atoms with Gasteiger partial charge < -0.3 is 15.2 Å². The Bertz CT molecular complexity index is 634. The summed E-state index contributed by atoms with van der Waals surface area (Å²) < 4.78 is 64.9. The fourth-order valence-electron chi connectivity index (χ4n) is 1.15. The van der Waals surface area contributed by atoms with E-state index in [9.17, 15) is 26.4 Å². The van der Waals surface area contributed by atoms with Crippen molar-refractivity contribution in [2.45, 2.75) is 5.51 Å². The van der Waals surface area contributed by atoms with Crippen molar-refractivity contribution in [3.8, 4) is 0 Å². The van der Waals surface area contributed by atoms with Crippen LogP contribution in [-0.2, 0) is 14.8 Å². The summed E-state index contributed by atoms with van der Waals surface area (Å²) in [4.78, 5) is 11.6. The van der Waals surface area contributed by atoms with E-state index in [2.05, 4.69) is 9.46 Å². The largest absolute Gasteiger partial charge is 0.538 e. The van der Waals surface area contributed by atoms with E-state index < -0.39 is 34.7 Å². The number of alkyl halides is 3. The van der Waals surface area contributed by atoms with Gasteiger partial charge in [-0.3, -0.25) is 0 Å². The molecular formula is C10H9F3IN2O4S-. The van der Waals surface area contributed by atoms with Gasteiger partial charge in [0.1, 0.15) is 0 Å². The minimum absolute atomic E-state index is 0.0422. The summed E-state index contributed by atoms with van der Waals surface area (Å²) in [6, 6.07) is 4.55. The molecule has 0 saturated carbocycles. The minimum Gasteiger partial charge on any atom is -0.538 e. The molecule has 1 aromatic rings. The SMILES string of the molecule is Nc1ccc(I)cc1C(=O)OCC[N-]S(=O)(=O)C(F)(F)F. The number of nitrogens with two attached hydrogens (primary N) is 1. The van der Waals surface area contributed by atoms with Crippen molar-refractivity contribution >= 4 is 44.3 Å². The van der Waals surface area contributed by atoms with Crippen LogP contribution in [0.1, 0.15) is 10.4 Å². The van der Waals surface area contributed by atoms with Crippen LogP contribution >= 0.6 is 22.6 Å². The smallest absolute Gasteiger partial charge is 0.480 e. The second-order valence-electron chi connectivity index (χ2n) is 3.64. The van der Waals surface area contributed by atoms with Gasteiger partial charge in [0.05, 0.1) is 12.2 Å². The summed E-state index contributed by atoms with van der Waals surface area (Å²) in [7, 11) is -5.57. The molecule has 0 unspecified atom stereocenters. The zero-order valence-electron chi connectivity index (χ0n) is 10.2. The van der Waals surface area contributed by atoms with Gasteiger partial charge in [-0.25, -0.2) is 13.2 Å². The van der Waals surface area contributed by atoms with Crippen LogP contribution in [-0.4, -0.2) is 33.0 Å². The first kappa shape index (κ1) is 18.0. The van der Waals surface area contributed by atoms with E-state index in [0.717, 1.165) is 0 Å². The Morgan fingerprint density at radius 3 is 2.57 bits per heavy atom. The summed E-state index contributed by atoms with van der Waals surface area (Å²) in [6.45, 7) is -1.43. The standard InChI is InChI=1S/C10H9F3IN2O4S/c11-10(12,13)21(18,19)16-3-4-20-9(17)7-5-6(14)1-2-8(7)15/h1-2,5H,3-4H2,(H2,15,17)/q-1. The van der Waals surface area contributed by atoms with E-state index in [1.54, 1.807) is 6.07 Å². The van der Waals surface area contributed by atoms with Crippen molar-refractivity contribution in [3.63, 3.8) is 0 Å². The highest BCUT2D eigenvalue weighted by Crippen LogP contribution is 2.27. The van der Waals surface area contributed by atoms with Gasteiger partial charge in [-0.15, -0.1) is 6.54 Å². The first-order valence-corrected chi connectivity index (χ1v) is 7.78. The predicted octanol–water partition coefficient (Wildman–Crippen LogP) is 2.25. The van der Waals surface area contributed by atoms with E-state index in [-0.39, 0.29) is 11.3 Å². The number of sulfonamides is 1. The van der Waals surface area contributed by atoms with E-state index >= 15 is 0 Å². The van der Waals surface area contributed by atoms with Crippen LogP contribution in [0.4, 0.5) is 18.9 Å². The molecule has 1 rings (SSSR count). The van der Waals surface area contributed by atoms with Gasteiger partial charge in [-0.05, 0) is 40.8 Å². The third-order valence-corrected chi connectivity index (χ3v) is 3.89. The molecule has 21 heavy (non-hydrogen) atoms. The molecule has 118 valence electrons. The highest BCUT2D eigenvalue weighted by molar-refractivity contribution is 14.1. The van der Waals surface area contributed by atoms with Crippen molar-refractivity contribution in [2.75, 3.05) is 18.9 Å². The Hall–Kier alpha value is -1.08. The second kappa shape index (κ2) is 6.79. The summed E-state index contributed by atoms with van der Waals surface area (Å²) in [6.07, 6.45) is 0. The molecule has 0 saturated heterocycles. The Morgan fingerprint density at radius 2 is 2.00 bits per heavy atom. The van der Waals surface area contributed by atoms with E-state index in [1.165, 1.54) is 12.1 Å². The lowest BCUT2D eigenvalue weighted by atomic mass is 10.2. The van der Waals surface area contributed by atoms with Crippen molar-refractivity contribution in [1.82, 2.24) is 0 Å². The van der Waals surface area contributed by atoms with E-state index in [0.29, 0.717) is 3.57 Å². The molecule has 0 aliphatic heterocycles. The normalized spacial score (nSPS) is 12.2. The number of ether oxygens (including phenoxy) is 1. The van der Waals surface area contributed by atoms with Crippen LogP contribution in [0.2, 0.25) is 0 Å². The quantitative estimate of drug-likeness (QED) is 0.330. The second-order valence-corrected chi connectivity index (χ2v) is 6.56. The van der Waals surface area contributed by atoms with Crippen molar-refractivity contribution in [2.24, 2.45) is 0 Å². The first-order chi connectivity index (χ1) is 9.54. The van der Waals surface area contributed by atoms with Crippen molar-refractivity contribution in [1.29, 1.82) is 0 Å². The third-order valence-electron chi connectivity index (χ3n) is 2.11. The maximum atomic E-state index is 12.0. The fraction of sp³-hybridized carbons (Fsp3) is 0.300. The molecule has 0 aliphatic rings. The lowest BCUT2D eigenvalue weighted by Crippen LogP contribution is -2.23. The highest BCUT2D eigenvalue weighted by atomic mass is 127. The number of carbonyl (C=O) groups excluding carboxylic acids is 1. The molecule has 0 spiro atoms. The van der Waals surface area contributed by atoms with Crippen LogP contribution in [0.5, 0.6) is 0 Å². The van der Waals surface area contributed by atoms with Crippen LogP contribution in [0.3, 0.4) is 0 Å². The molecule has 0 aliphatic carbocycles. The van der Waals surface area contributed by atoms with Gasteiger partial charge in [0.2, 0.25) is 0 Å². The number of hydrogen-bond donors (Lipinski definition) is 1. The monoisotopic (exact) mass is 437 g/mol. The zero-order chi connectivity index (χ0) is 16.3. The molecule has 0 atom stereocenters. The summed E-state index contributed by atoms with van der Waals surface area (Å²) in [5.41, 5.74) is 0.269. The average molecular weight is 437 g/mol. The van der Waals surface area contributed by atoms with Crippen LogP contribution in [0.25, 0.3) is 4.72 Å². The number of rotatable bonds is 5. The number of halogens is 4. The Morgan fingerprint density at radius 1 is 1.38 bits per heavy atom. The van der Waals surface area contributed by atoms with Crippen LogP contribution in [0.15, 0.2) is 18.2 Å². The van der Waals surface area contributed by atoms with Gasteiger partial charge >= 0.3 is 11.5 Å². The summed E-state index contributed by atoms with van der Waals surface area (Å²) in [5, 5.41) is 0. The number of hydrogen-bond acceptors (Lipinski definition) is 5. The highest BCUT2D eigenvalue weighted by Gasteiger charge is 2.38. The van der Waals surface area contributed by atoms with Gasteiger partial charge in [0, 0.05) is 9.26 Å². The lowest BCUT2D eigenvalue weighted by Gasteiger charge is -2.21. The number of carbonyl (C=O) groups is 1. The number of esters is 1. The maximum absolute atomic E-state index is 12.0. The third kappa shape index (κ3) is 5.00. The van der Waals surface area contributed by atoms with Gasteiger partial charge in [0.15, 0.2) is 10.0 Å². The maximum Gasteiger partial charge on any atom is 0.480 e. The number of anilines is 1. The topological polar surface area (TPSA) is 101 Å². The van der Waals surface area contributed by atoms with Gasteiger partial charge in [-0.1, -0.05) is 0 Å². The molecule has 0 aromatic heterocycles. The number of nitrogen functional groups attached to an aromatic ring is 1. The molecule has 1 aromatic carbocycles. The Labute approximate surface area is 132 Å². The zero-order valence-corrected chi connectivity index (χ0v) is 13.2. The molecule has 0 amide bonds. The molecular weight excluding hydrogens is 428 g/mol. The first-order valence-electron chi connectivity index (χ1n) is 5.27. The van der Waals surface area contributed by atoms with Crippen LogP contribution in [0, 0.1) is 3.57 Å². The molecule has 0 fully saturated rings. The van der Waals surface area contributed by atoms with E-state index in [1.807, 2.05) is 22.6 Å². The molecule has 0 radical (unpaired) electrons. The molecule has 11 heteroatoms. The molecule has 0 heterocycles. The van der Waals surface area contributed by atoms with E-state index in [4.69, 9.17) is 5.73 Å². The summed E-state index contributed by atoms with van der Waals surface area (Å²) in [5.74, 6) is -0.870. The van der Waals surface area contributed by atoms with Gasteiger partial charge in [-0.2, -0.15) is 13.2 Å².